The number of amidine groups is 1. The Morgan fingerprint density at radius 2 is 1.97 bits per heavy atom. The summed E-state index contributed by atoms with van der Waals surface area (Å²) in [4.78, 5) is 48.0. The number of fused-ring (bicyclic) bond motifs is 1. The van der Waals surface area contributed by atoms with Gasteiger partial charge in [0.2, 0.25) is 0 Å². The van der Waals surface area contributed by atoms with Crippen molar-refractivity contribution in [2.24, 2.45) is 10.7 Å². The predicted octanol–water partition coefficient (Wildman–Crippen LogP) is 1.65. The number of hydrogen-bond acceptors (Lipinski definition) is 7. The molecule has 1 fully saturated rings. The van der Waals surface area contributed by atoms with Crippen molar-refractivity contribution in [3.05, 3.63) is 34.9 Å². The SMILES string of the molecule is CCCN(OCC)C(=O)C1=Cc2ccc(C3(C)C(=O)CNCC3=O)cc2N=C(N)C1. The van der Waals surface area contributed by atoms with Gasteiger partial charge in [0.1, 0.15) is 11.3 Å². The van der Waals surface area contributed by atoms with Crippen LogP contribution in [0.3, 0.4) is 0 Å². The fraction of sp³-hybridized carbons (Fsp3) is 0.455. The lowest BCUT2D eigenvalue weighted by molar-refractivity contribution is -0.180. The molecule has 0 bridgehead atoms. The van der Waals surface area contributed by atoms with Crippen molar-refractivity contribution in [3.8, 4) is 0 Å². The number of hydroxylamine groups is 2. The molecular weight excluding hydrogens is 384 g/mol. The number of amides is 1. The fourth-order valence-electron chi connectivity index (χ4n) is 3.70. The second kappa shape index (κ2) is 8.89. The van der Waals surface area contributed by atoms with Crippen molar-refractivity contribution in [1.29, 1.82) is 0 Å². The van der Waals surface area contributed by atoms with Crippen LogP contribution in [0.25, 0.3) is 6.08 Å². The Morgan fingerprint density at radius 1 is 1.27 bits per heavy atom. The molecule has 0 spiro atoms. The van der Waals surface area contributed by atoms with E-state index in [4.69, 9.17) is 10.6 Å². The number of nitrogens with two attached hydrogens (primary N) is 1. The molecule has 1 saturated heterocycles. The Hall–Kier alpha value is -2.84. The summed E-state index contributed by atoms with van der Waals surface area (Å²) in [7, 11) is 0. The maximum Gasteiger partial charge on any atom is 0.273 e. The summed E-state index contributed by atoms with van der Waals surface area (Å²) in [6.45, 7) is 6.61. The van der Waals surface area contributed by atoms with Gasteiger partial charge < -0.3 is 11.1 Å². The fourth-order valence-corrected chi connectivity index (χ4v) is 3.70. The molecule has 1 aromatic rings. The molecule has 0 aliphatic carbocycles. The molecule has 30 heavy (non-hydrogen) atoms. The molecule has 1 amide bonds. The van der Waals surface area contributed by atoms with Gasteiger partial charge in [-0.25, -0.2) is 10.1 Å². The second-order valence-electron chi connectivity index (χ2n) is 7.62. The van der Waals surface area contributed by atoms with Gasteiger partial charge in [0.25, 0.3) is 5.91 Å². The third kappa shape index (κ3) is 4.06. The highest BCUT2D eigenvalue weighted by molar-refractivity contribution is 6.15. The molecule has 1 aromatic carbocycles. The van der Waals surface area contributed by atoms with E-state index in [9.17, 15) is 14.4 Å². The van der Waals surface area contributed by atoms with Crippen LogP contribution < -0.4 is 11.1 Å². The number of ketones is 2. The van der Waals surface area contributed by atoms with Crippen molar-refractivity contribution in [1.82, 2.24) is 10.4 Å². The molecular formula is C22H28N4O4. The van der Waals surface area contributed by atoms with Crippen molar-refractivity contribution in [3.63, 3.8) is 0 Å². The van der Waals surface area contributed by atoms with E-state index in [0.717, 1.165) is 6.42 Å². The van der Waals surface area contributed by atoms with Gasteiger partial charge >= 0.3 is 0 Å². The van der Waals surface area contributed by atoms with E-state index in [1.807, 2.05) is 13.8 Å². The van der Waals surface area contributed by atoms with E-state index < -0.39 is 5.41 Å². The number of hydrogen-bond donors (Lipinski definition) is 2. The largest absolute Gasteiger partial charge is 0.387 e. The Balaban J connectivity index is 2.00. The van der Waals surface area contributed by atoms with Gasteiger partial charge in [-0.1, -0.05) is 19.1 Å². The minimum atomic E-state index is -1.22. The van der Waals surface area contributed by atoms with Crippen LogP contribution in [0.1, 0.15) is 44.7 Å². The van der Waals surface area contributed by atoms with Crippen molar-refractivity contribution in [2.75, 3.05) is 26.2 Å². The average molecular weight is 412 g/mol. The number of piperidine rings is 1. The van der Waals surface area contributed by atoms with Gasteiger partial charge in [-0.3, -0.25) is 19.2 Å². The number of nitrogens with zero attached hydrogens (tertiary/aromatic N) is 2. The smallest absolute Gasteiger partial charge is 0.273 e. The molecule has 8 nitrogen and oxygen atoms in total. The van der Waals surface area contributed by atoms with Crippen LogP contribution in [0.5, 0.6) is 0 Å². The lowest BCUT2D eigenvalue weighted by Crippen LogP contribution is -2.54. The minimum Gasteiger partial charge on any atom is -0.387 e. The van der Waals surface area contributed by atoms with E-state index in [1.54, 1.807) is 31.2 Å². The van der Waals surface area contributed by atoms with E-state index in [2.05, 4.69) is 10.3 Å². The summed E-state index contributed by atoms with van der Waals surface area (Å²) in [5, 5.41) is 4.18. The van der Waals surface area contributed by atoms with Gasteiger partial charge in [-0.05, 0) is 38.0 Å². The lowest BCUT2D eigenvalue weighted by Gasteiger charge is -2.31. The standard InChI is InChI=1S/C22H28N4O4/c1-4-8-26(30-5-2)21(29)15-9-14-6-7-16(11-17(14)25-20(23)10-15)22(3)18(27)12-24-13-19(22)28/h6-7,9,11,24H,4-5,8,10,12-13H2,1-3H3,(H2,23,25). The van der Waals surface area contributed by atoms with E-state index in [1.165, 1.54) is 5.06 Å². The van der Waals surface area contributed by atoms with Crippen LogP contribution in [0.15, 0.2) is 28.8 Å². The average Bonchev–Trinajstić information content (AvgIpc) is 2.88. The van der Waals surface area contributed by atoms with Gasteiger partial charge in [-0.2, -0.15) is 0 Å². The van der Waals surface area contributed by atoms with Crippen LogP contribution in [0, 0.1) is 0 Å². The van der Waals surface area contributed by atoms with Crippen LogP contribution in [-0.2, 0) is 24.6 Å². The van der Waals surface area contributed by atoms with Crippen LogP contribution >= 0.6 is 0 Å². The Labute approximate surface area is 176 Å². The molecule has 3 rings (SSSR count). The zero-order valence-electron chi connectivity index (χ0n) is 17.7. The summed E-state index contributed by atoms with van der Waals surface area (Å²) < 4.78 is 0. The zero-order valence-corrected chi connectivity index (χ0v) is 17.7. The molecule has 8 heteroatoms. The molecule has 2 heterocycles. The maximum absolute atomic E-state index is 13.0. The van der Waals surface area contributed by atoms with Gasteiger partial charge in [0.05, 0.1) is 25.4 Å². The highest BCUT2D eigenvalue weighted by atomic mass is 16.7. The summed E-state index contributed by atoms with van der Waals surface area (Å²) in [5.41, 5.74) is 7.17. The molecule has 0 atom stereocenters. The highest BCUT2D eigenvalue weighted by Crippen LogP contribution is 2.34. The maximum atomic E-state index is 13.0. The first kappa shape index (κ1) is 21.9. The van der Waals surface area contributed by atoms with E-state index in [0.29, 0.717) is 35.5 Å². The zero-order chi connectivity index (χ0) is 21.9. The first-order valence-corrected chi connectivity index (χ1v) is 10.2. The normalized spacial score (nSPS) is 18.2. The molecule has 160 valence electrons. The first-order chi connectivity index (χ1) is 14.3. The van der Waals surface area contributed by atoms with Gasteiger partial charge in [0, 0.05) is 24.1 Å². The summed E-state index contributed by atoms with van der Waals surface area (Å²) in [6, 6.07) is 5.25. The topological polar surface area (TPSA) is 114 Å². The number of rotatable bonds is 6. The highest BCUT2D eigenvalue weighted by Gasteiger charge is 2.44. The number of carbonyl (C=O) groups is 3. The quantitative estimate of drug-likeness (QED) is 0.542. The number of aliphatic imine (C=N–C) groups is 1. The molecule has 0 saturated carbocycles. The molecule has 3 N–H and O–H groups in total. The number of carbonyl (C=O) groups excluding carboxylic acids is 3. The Kier molecular flexibility index (Phi) is 6.48. The second-order valence-corrected chi connectivity index (χ2v) is 7.62. The summed E-state index contributed by atoms with van der Waals surface area (Å²) in [6.07, 6.45) is 2.70. The van der Waals surface area contributed by atoms with Gasteiger partial charge in [-0.15, -0.1) is 0 Å². The predicted molar refractivity (Wildman–Crippen MR) is 114 cm³/mol. The Morgan fingerprint density at radius 3 is 2.60 bits per heavy atom. The minimum absolute atomic E-state index is 0.147. The van der Waals surface area contributed by atoms with Crippen LogP contribution in [-0.4, -0.2) is 54.6 Å². The summed E-state index contributed by atoms with van der Waals surface area (Å²) >= 11 is 0. The Bertz CT molecular complexity index is 913. The van der Waals surface area contributed by atoms with Crippen LogP contribution in [0.2, 0.25) is 0 Å². The van der Waals surface area contributed by atoms with Crippen molar-refractivity contribution < 1.29 is 19.2 Å². The number of nitrogens with one attached hydrogen (secondary N) is 1. The molecule has 0 radical (unpaired) electrons. The monoisotopic (exact) mass is 412 g/mol. The number of benzene rings is 1. The molecule has 2 aliphatic rings. The third-order valence-corrected chi connectivity index (χ3v) is 5.47. The molecule has 2 aliphatic heterocycles. The van der Waals surface area contributed by atoms with Crippen molar-refractivity contribution in [2.45, 2.75) is 39.0 Å². The first-order valence-electron chi connectivity index (χ1n) is 10.2. The molecule has 0 aromatic heterocycles. The summed E-state index contributed by atoms with van der Waals surface area (Å²) in [5.74, 6) is -0.318. The number of Topliss-reactive ketones (excluding diaryl/α,β-unsaturated/α-hetero) is 2. The molecule has 0 unspecified atom stereocenters. The van der Waals surface area contributed by atoms with Crippen LogP contribution in [0.4, 0.5) is 5.69 Å². The van der Waals surface area contributed by atoms with Gasteiger partial charge in [0.15, 0.2) is 11.6 Å². The van der Waals surface area contributed by atoms with E-state index >= 15 is 0 Å². The third-order valence-electron chi connectivity index (χ3n) is 5.47. The van der Waals surface area contributed by atoms with E-state index in [-0.39, 0.29) is 42.8 Å². The van der Waals surface area contributed by atoms with Crippen molar-refractivity contribution >= 4 is 35.1 Å². The lowest BCUT2D eigenvalue weighted by atomic mass is 9.73.